The van der Waals surface area contributed by atoms with Crippen LogP contribution in [0.15, 0.2) is 47.5 Å². The Morgan fingerprint density at radius 1 is 1.09 bits per heavy atom. The van der Waals surface area contributed by atoms with Crippen LogP contribution in [0.2, 0.25) is 0 Å². The second kappa shape index (κ2) is 11.0. The van der Waals surface area contributed by atoms with Gasteiger partial charge >= 0.3 is 0 Å². The van der Waals surface area contributed by atoms with Gasteiger partial charge in [-0.1, -0.05) is 45.0 Å². The zero-order chi connectivity index (χ0) is 24.0. The van der Waals surface area contributed by atoms with Crippen LogP contribution in [0.5, 0.6) is 11.5 Å². The Hall–Kier alpha value is -3.35. The summed E-state index contributed by atoms with van der Waals surface area (Å²) in [7, 11) is 3.07. The molecule has 0 spiro atoms. The van der Waals surface area contributed by atoms with E-state index < -0.39 is 0 Å². The van der Waals surface area contributed by atoms with Crippen LogP contribution in [0.1, 0.15) is 50.8 Å². The number of carbonyl (C=O) groups is 1. The summed E-state index contributed by atoms with van der Waals surface area (Å²) < 4.78 is 12.1. The molecule has 1 heterocycles. The highest BCUT2D eigenvalue weighted by atomic mass is 16.5. The molecule has 176 valence electrons. The van der Waals surface area contributed by atoms with Crippen molar-refractivity contribution in [3.63, 3.8) is 0 Å². The number of hydrogen-bond donors (Lipinski definition) is 1. The monoisotopic (exact) mass is 451 g/mol. The zero-order valence-corrected chi connectivity index (χ0v) is 20.1. The van der Waals surface area contributed by atoms with Crippen LogP contribution in [-0.4, -0.2) is 29.7 Å². The van der Waals surface area contributed by atoms with Gasteiger partial charge in [0.1, 0.15) is 0 Å². The average molecular weight is 452 g/mol. The molecule has 3 rings (SSSR count). The number of rotatable bonds is 10. The Balaban J connectivity index is 1.65. The fraction of sp³-hybridized carbons (Fsp3) is 0.423. The maximum absolute atomic E-state index is 12.9. The maximum Gasteiger partial charge on any atom is 0.261 e. The van der Waals surface area contributed by atoms with Crippen molar-refractivity contribution in [2.24, 2.45) is 5.92 Å². The summed E-state index contributed by atoms with van der Waals surface area (Å²) in [4.78, 5) is 29.9. The SMILES string of the molecule is CCc1ccc(C(NC(=O)CCCn2cnc3cc(OC)c(OC)cc3c2=O)C(C)C)cc1. The smallest absolute Gasteiger partial charge is 0.261 e. The highest BCUT2D eigenvalue weighted by Crippen LogP contribution is 2.29. The molecule has 3 aromatic rings. The highest BCUT2D eigenvalue weighted by molar-refractivity contribution is 5.81. The Morgan fingerprint density at radius 2 is 1.76 bits per heavy atom. The van der Waals surface area contributed by atoms with Crippen molar-refractivity contribution >= 4 is 16.8 Å². The fourth-order valence-electron chi connectivity index (χ4n) is 3.90. The van der Waals surface area contributed by atoms with E-state index in [2.05, 4.69) is 55.3 Å². The largest absolute Gasteiger partial charge is 0.493 e. The van der Waals surface area contributed by atoms with Crippen molar-refractivity contribution in [1.29, 1.82) is 0 Å². The van der Waals surface area contributed by atoms with Gasteiger partial charge in [-0.25, -0.2) is 4.98 Å². The molecular weight excluding hydrogens is 418 g/mol. The lowest BCUT2D eigenvalue weighted by atomic mass is 9.94. The van der Waals surface area contributed by atoms with Gasteiger partial charge in [-0.3, -0.25) is 14.2 Å². The summed E-state index contributed by atoms with van der Waals surface area (Å²) in [5.74, 6) is 1.24. The molecule has 0 saturated heterocycles. The van der Waals surface area contributed by atoms with E-state index in [-0.39, 0.29) is 23.4 Å². The maximum atomic E-state index is 12.9. The minimum Gasteiger partial charge on any atom is -0.493 e. The summed E-state index contributed by atoms with van der Waals surface area (Å²) in [5, 5.41) is 3.61. The van der Waals surface area contributed by atoms with Crippen molar-refractivity contribution in [2.45, 2.75) is 52.6 Å². The van der Waals surface area contributed by atoms with Gasteiger partial charge in [0.2, 0.25) is 5.91 Å². The first kappa shape index (κ1) is 24.3. The minimum absolute atomic E-state index is 0.0264. The molecule has 1 atom stereocenters. The number of carbonyl (C=O) groups excluding carboxylic acids is 1. The zero-order valence-electron chi connectivity index (χ0n) is 20.1. The van der Waals surface area contributed by atoms with Crippen LogP contribution < -0.4 is 20.3 Å². The lowest BCUT2D eigenvalue weighted by Crippen LogP contribution is -2.32. The highest BCUT2D eigenvalue weighted by Gasteiger charge is 2.18. The molecule has 7 nitrogen and oxygen atoms in total. The summed E-state index contributed by atoms with van der Waals surface area (Å²) in [6, 6.07) is 11.7. The summed E-state index contributed by atoms with van der Waals surface area (Å²) >= 11 is 0. The first-order valence-electron chi connectivity index (χ1n) is 11.4. The molecule has 0 aliphatic carbocycles. The molecule has 2 aromatic carbocycles. The lowest BCUT2D eigenvalue weighted by molar-refractivity contribution is -0.122. The number of nitrogens with one attached hydrogen (secondary N) is 1. The number of aryl methyl sites for hydroxylation is 2. The Morgan fingerprint density at radius 3 is 2.36 bits per heavy atom. The van der Waals surface area contributed by atoms with E-state index in [0.29, 0.717) is 41.8 Å². The molecule has 0 aliphatic rings. The summed E-state index contributed by atoms with van der Waals surface area (Å²) in [5.41, 5.74) is 2.76. The van der Waals surface area contributed by atoms with Crippen LogP contribution in [0, 0.1) is 5.92 Å². The molecule has 1 amide bonds. The third-order valence-electron chi connectivity index (χ3n) is 5.86. The molecular formula is C26H33N3O4. The van der Waals surface area contributed by atoms with Gasteiger partial charge in [0.05, 0.1) is 37.5 Å². The van der Waals surface area contributed by atoms with E-state index in [1.54, 1.807) is 19.2 Å². The van der Waals surface area contributed by atoms with Gasteiger partial charge in [0.15, 0.2) is 11.5 Å². The Bertz CT molecular complexity index is 1150. The predicted octanol–water partition coefficient (Wildman–Crippen LogP) is 4.27. The van der Waals surface area contributed by atoms with Crippen molar-refractivity contribution in [3.8, 4) is 11.5 Å². The standard InChI is InChI=1S/C26H33N3O4/c1-6-18-9-11-19(12-10-18)25(17(2)3)28-24(30)8-7-13-29-16-27-21-15-23(33-5)22(32-4)14-20(21)26(29)31/h9-12,14-17,25H,6-8,13H2,1-5H3,(H,28,30). The predicted molar refractivity (Wildman–Crippen MR) is 130 cm³/mol. The molecule has 33 heavy (non-hydrogen) atoms. The molecule has 0 aliphatic heterocycles. The molecule has 0 saturated carbocycles. The fourth-order valence-corrected chi connectivity index (χ4v) is 3.90. The summed E-state index contributed by atoms with van der Waals surface area (Å²) in [6.07, 6.45) is 3.36. The van der Waals surface area contributed by atoms with Gasteiger partial charge < -0.3 is 14.8 Å². The topological polar surface area (TPSA) is 82.5 Å². The van der Waals surface area contributed by atoms with E-state index in [4.69, 9.17) is 9.47 Å². The molecule has 0 fully saturated rings. The van der Waals surface area contributed by atoms with Crippen molar-refractivity contribution < 1.29 is 14.3 Å². The number of ether oxygens (including phenoxy) is 2. The Kier molecular flexibility index (Phi) is 8.09. The van der Waals surface area contributed by atoms with Crippen molar-refractivity contribution in [1.82, 2.24) is 14.9 Å². The summed E-state index contributed by atoms with van der Waals surface area (Å²) in [6.45, 7) is 6.73. The number of benzene rings is 2. The van der Waals surface area contributed by atoms with Crippen molar-refractivity contribution in [3.05, 3.63) is 64.2 Å². The normalized spacial score (nSPS) is 12.1. The molecule has 1 unspecified atom stereocenters. The number of nitrogens with zero attached hydrogens (tertiary/aromatic N) is 2. The first-order chi connectivity index (χ1) is 15.9. The number of methoxy groups -OCH3 is 2. The van der Waals surface area contributed by atoms with E-state index in [9.17, 15) is 9.59 Å². The van der Waals surface area contributed by atoms with Crippen molar-refractivity contribution in [2.75, 3.05) is 14.2 Å². The molecule has 0 radical (unpaired) electrons. The average Bonchev–Trinajstić information content (AvgIpc) is 2.83. The second-order valence-corrected chi connectivity index (χ2v) is 8.46. The van der Waals surface area contributed by atoms with Gasteiger partial charge in [-0.05, 0) is 36.0 Å². The Labute approximate surface area is 194 Å². The first-order valence-corrected chi connectivity index (χ1v) is 11.4. The molecule has 7 heteroatoms. The third kappa shape index (κ3) is 5.72. The third-order valence-corrected chi connectivity index (χ3v) is 5.86. The van der Waals surface area contributed by atoms with Gasteiger partial charge in [-0.15, -0.1) is 0 Å². The van der Waals surface area contributed by atoms with Crippen LogP contribution >= 0.6 is 0 Å². The van der Waals surface area contributed by atoms with Crippen LogP contribution in [0.3, 0.4) is 0 Å². The van der Waals surface area contributed by atoms with Crippen LogP contribution in [0.4, 0.5) is 0 Å². The van der Waals surface area contributed by atoms with Crippen LogP contribution in [-0.2, 0) is 17.8 Å². The van der Waals surface area contributed by atoms with E-state index in [1.165, 1.54) is 23.6 Å². The number of hydrogen-bond acceptors (Lipinski definition) is 5. The molecule has 1 aromatic heterocycles. The number of fused-ring (bicyclic) bond motifs is 1. The van der Waals surface area contributed by atoms with E-state index in [0.717, 1.165) is 12.0 Å². The van der Waals surface area contributed by atoms with Gasteiger partial charge in [0, 0.05) is 19.0 Å². The number of aromatic nitrogens is 2. The second-order valence-electron chi connectivity index (χ2n) is 8.46. The quantitative estimate of drug-likeness (QED) is 0.498. The lowest BCUT2D eigenvalue weighted by Gasteiger charge is -2.23. The van der Waals surface area contributed by atoms with Gasteiger partial charge in [0.25, 0.3) is 5.56 Å². The molecule has 1 N–H and O–H groups in total. The van der Waals surface area contributed by atoms with Gasteiger partial charge in [-0.2, -0.15) is 0 Å². The van der Waals surface area contributed by atoms with E-state index in [1.807, 2.05) is 0 Å². The minimum atomic E-state index is -0.169. The van der Waals surface area contributed by atoms with E-state index >= 15 is 0 Å². The molecule has 0 bridgehead atoms. The van der Waals surface area contributed by atoms with Crippen LogP contribution in [0.25, 0.3) is 10.9 Å². The number of amides is 1.